The summed E-state index contributed by atoms with van der Waals surface area (Å²) in [5.74, 6) is -2.14. The molecule has 4 fully saturated rings. The van der Waals surface area contributed by atoms with Crippen LogP contribution in [0.25, 0.3) is 0 Å². The zero-order valence-electron chi connectivity index (χ0n) is 17.6. The van der Waals surface area contributed by atoms with Gasteiger partial charge < -0.3 is 24.0 Å². The van der Waals surface area contributed by atoms with E-state index in [-0.39, 0.29) is 29.2 Å². The highest BCUT2D eigenvalue weighted by Gasteiger charge is 2.62. The van der Waals surface area contributed by atoms with Crippen molar-refractivity contribution >= 4 is 53.2 Å². The number of hydrogen-bond donors (Lipinski definition) is 0. The first-order chi connectivity index (χ1) is 14.4. The molecule has 5 atom stereocenters. The summed E-state index contributed by atoms with van der Waals surface area (Å²) in [6.45, 7) is 6.06. The topological polar surface area (TPSA) is 120 Å². The summed E-state index contributed by atoms with van der Waals surface area (Å²) in [4.78, 5) is 63.6. The number of carbonyl (C=O) groups excluding carboxylic acids is 5. The largest absolute Gasteiger partial charge is 0.464 e. The van der Waals surface area contributed by atoms with E-state index in [0.717, 1.165) is 0 Å². The first kappa shape index (κ1) is 22.3. The molecule has 0 spiro atoms. The fraction of sp³-hybridized carbons (Fsp3) is 0.737. The highest BCUT2D eigenvalue weighted by molar-refractivity contribution is 8.02. The zero-order chi connectivity index (χ0) is 22.7. The van der Waals surface area contributed by atoms with Crippen LogP contribution in [0.2, 0.25) is 0 Å². The molecule has 31 heavy (non-hydrogen) atoms. The normalized spacial score (nSPS) is 35.0. The maximum absolute atomic E-state index is 12.8. The van der Waals surface area contributed by atoms with E-state index >= 15 is 0 Å². The Morgan fingerprint density at radius 2 is 1.42 bits per heavy atom. The van der Waals surface area contributed by atoms with Gasteiger partial charge in [-0.1, -0.05) is 0 Å². The summed E-state index contributed by atoms with van der Waals surface area (Å²) < 4.78 is 14.1. The molecule has 4 saturated heterocycles. The molecule has 0 aromatic heterocycles. The maximum Gasteiger partial charge on any atom is 0.333 e. The number of thioether (sulfide) groups is 2. The van der Waals surface area contributed by atoms with Crippen molar-refractivity contribution < 1.29 is 38.2 Å². The van der Waals surface area contributed by atoms with Gasteiger partial charge in [-0.05, 0) is 20.8 Å². The lowest BCUT2D eigenvalue weighted by Gasteiger charge is -2.38. The van der Waals surface area contributed by atoms with Gasteiger partial charge in [-0.3, -0.25) is 14.4 Å². The number of hydrogen-bond acceptors (Lipinski definition) is 10. The van der Waals surface area contributed by atoms with Crippen molar-refractivity contribution in [2.24, 2.45) is 0 Å². The molecule has 0 saturated carbocycles. The molecule has 12 heteroatoms. The van der Waals surface area contributed by atoms with Crippen molar-refractivity contribution in [3.63, 3.8) is 0 Å². The van der Waals surface area contributed by atoms with Crippen LogP contribution < -0.4 is 0 Å². The van der Waals surface area contributed by atoms with Crippen LogP contribution in [0.4, 0.5) is 0 Å². The third-order valence-electron chi connectivity index (χ3n) is 5.94. The number of esters is 3. The van der Waals surface area contributed by atoms with Crippen LogP contribution in [0, 0.1) is 0 Å². The number of β-lactam (4-membered cyclic amide) rings is 2. The molecule has 0 radical (unpaired) electrons. The fourth-order valence-electron chi connectivity index (χ4n) is 4.46. The predicted octanol–water partition coefficient (Wildman–Crippen LogP) is 0.478. The molecule has 10 nitrogen and oxygen atoms in total. The van der Waals surface area contributed by atoms with Crippen LogP contribution in [0.1, 0.15) is 40.5 Å². The van der Waals surface area contributed by atoms with Crippen molar-refractivity contribution in [1.82, 2.24) is 9.80 Å². The highest BCUT2D eigenvalue weighted by Crippen LogP contribution is 2.52. The molecule has 4 rings (SSSR count). The Balaban J connectivity index is 1.37. The lowest BCUT2D eigenvalue weighted by atomic mass is 9.97. The number of amides is 2. The quantitative estimate of drug-likeness (QED) is 0.307. The lowest BCUT2D eigenvalue weighted by molar-refractivity contribution is -0.181. The van der Waals surface area contributed by atoms with Crippen molar-refractivity contribution in [2.45, 2.75) is 72.9 Å². The van der Waals surface area contributed by atoms with Crippen LogP contribution in [0.15, 0.2) is 0 Å². The third kappa shape index (κ3) is 3.67. The summed E-state index contributed by atoms with van der Waals surface area (Å²) in [5, 5.41) is -0.215. The maximum atomic E-state index is 12.8. The Kier molecular flexibility index (Phi) is 5.44. The van der Waals surface area contributed by atoms with Gasteiger partial charge in [0.15, 0.2) is 0 Å². The second kappa shape index (κ2) is 7.58. The van der Waals surface area contributed by atoms with Crippen LogP contribution >= 0.6 is 23.5 Å². The molecular weight excluding hydrogens is 448 g/mol. The number of rotatable bonds is 6. The Morgan fingerprint density at radius 1 is 0.903 bits per heavy atom. The van der Waals surface area contributed by atoms with Gasteiger partial charge >= 0.3 is 17.9 Å². The van der Waals surface area contributed by atoms with Crippen molar-refractivity contribution in [1.29, 1.82) is 0 Å². The first-order valence-corrected chi connectivity index (χ1v) is 11.6. The van der Waals surface area contributed by atoms with Gasteiger partial charge in [-0.2, -0.15) is 0 Å². The van der Waals surface area contributed by atoms with Gasteiger partial charge in [0.25, 0.3) is 0 Å². The average molecular weight is 473 g/mol. The Morgan fingerprint density at radius 3 is 1.97 bits per heavy atom. The molecule has 4 aliphatic rings. The number of carbonyl (C=O) groups is 5. The molecule has 0 unspecified atom stereocenters. The van der Waals surface area contributed by atoms with Crippen LogP contribution in [-0.2, 0) is 38.2 Å². The number of ether oxygens (including phenoxy) is 3. The average Bonchev–Trinajstić information content (AvgIpc) is 3.04. The molecular formula is C19H24N2O8S2. The van der Waals surface area contributed by atoms with Crippen LogP contribution in [0.5, 0.6) is 0 Å². The van der Waals surface area contributed by atoms with Crippen molar-refractivity contribution in [3.05, 3.63) is 0 Å². The lowest BCUT2D eigenvalue weighted by Crippen LogP contribution is -2.59. The number of fused-ring (bicyclic) bond motifs is 2. The van der Waals surface area contributed by atoms with Gasteiger partial charge in [0.1, 0.15) is 18.7 Å². The minimum atomic E-state index is -0.957. The van der Waals surface area contributed by atoms with Crippen LogP contribution in [0.3, 0.4) is 0 Å². The standard InChI is InChI=1S/C19H24N2O8S2/c1-9(22)27-7-19(4)15(21-11(24)6-13(21)31-19)17(26)29-8-28-16(25)14-18(2,3)30-12-5-10(23)20(12)14/h12-15H,5-8H2,1-4H3/t12-,13+,14+,15+,19+/m1/s1. The minimum absolute atomic E-state index is 0.0329. The summed E-state index contributed by atoms with van der Waals surface area (Å²) in [5.41, 5.74) is 0. The summed E-state index contributed by atoms with van der Waals surface area (Å²) >= 11 is 2.93. The fourth-order valence-corrected chi connectivity index (χ4v) is 7.75. The van der Waals surface area contributed by atoms with Gasteiger partial charge in [0, 0.05) is 11.7 Å². The SMILES string of the molecule is CC(=O)OC[C@]1(C)S[C@H]2CC(=O)N2[C@H]1C(=O)OCOC(=O)[C@@H]1N2C(=O)C[C@H]2SC1(C)C. The van der Waals surface area contributed by atoms with Crippen LogP contribution in [-0.4, -0.2) is 85.2 Å². The molecule has 170 valence electrons. The smallest absolute Gasteiger partial charge is 0.333 e. The molecule has 2 amide bonds. The van der Waals surface area contributed by atoms with E-state index in [1.165, 1.54) is 28.5 Å². The third-order valence-corrected chi connectivity index (χ3v) is 8.99. The van der Waals surface area contributed by atoms with E-state index in [9.17, 15) is 24.0 Å². The monoisotopic (exact) mass is 472 g/mol. The van der Waals surface area contributed by atoms with Gasteiger partial charge in [-0.25, -0.2) is 9.59 Å². The molecule has 0 bridgehead atoms. The summed E-state index contributed by atoms with van der Waals surface area (Å²) in [6, 6.07) is -1.71. The molecule has 0 aliphatic carbocycles. The van der Waals surface area contributed by atoms with Gasteiger partial charge in [0.05, 0.1) is 28.3 Å². The van der Waals surface area contributed by atoms with E-state index in [2.05, 4.69) is 0 Å². The second-order valence-electron chi connectivity index (χ2n) is 8.70. The van der Waals surface area contributed by atoms with Crippen molar-refractivity contribution in [2.75, 3.05) is 13.4 Å². The Hall–Kier alpha value is -1.95. The molecule has 4 aliphatic heterocycles. The van der Waals surface area contributed by atoms with E-state index in [4.69, 9.17) is 14.2 Å². The Labute approximate surface area is 187 Å². The first-order valence-electron chi connectivity index (χ1n) is 9.89. The molecule has 0 aromatic carbocycles. The Bertz CT molecular complexity index is 864. The molecule has 4 heterocycles. The minimum Gasteiger partial charge on any atom is -0.464 e. The molecule has 0 aromatic rings. The summed E-state index contributed by atoms with van der Waals surface area (Å²) in [6.07, 6.45) is 0.705. The van der Waals surface area contributed by atoms with E-state index < -0.39 is 46.3 Å². The van der Waals surface area contributed by atoms with E-state index in [1.807, 2.05) is 13.8 Å². The number of nitrogens with zero attached hydrogens (tertiary/aromatic N) is 2. The van der Waals surface area contributed by atoms with E-state index in [0.29, 0.717) is 12.8 Å². The summed E-state index contributed by atoms with van der Waals surface area (Å²) in [7, 11) is 0. The van der Waals surface area contributed by atoms with Crippen molar-refractivity contribution in [3.8, 4) is 0 Å². The predicted molar refractivity (Wildman–Crippen MR) is 109 cm³/mol. The second-order valence-corrected chi connectivity index (χ2v) is 12.2. The zero-order valence-corrected chi connectivity index (χ0v) is 19.2. The van der Waals surface area contributed by atoms with Gasteiger partial charge in [-0.15, -0.1) is 23.5 Å². The van der Waals surface area contributed by atoms with Gasteiger partial charge in [0.2, 0.25) is 18.6 Å². The molecule has 0 N–H and O–H groups in total. The highest BCUT2D eigenvalue weighted by atomic mass is 32.2. The van der Waals surface area contributed by atoms with E-state index in [1.54, 1.807) is 18.7 Å².